The molecule has 1 amide bonds. The molecule has 0 unspecified atom stereocenters. The van der Waals surface area contributed by atoms with Crippen LogP contribution in [0.15, 0.2) is 78.9 Å². The van der Waals surface area contributed by atoms with E-state index in [1.54, 1.807) is 7.11 Å². The molecule has 3 aromatic carbocycles. The first-order valence-electron chi connectivity index (χ1n) is 11.0. The van der Waals surface area contributed by atoms with E-state index in [9.17, 15) is 4.79 Å². The molecule has 1 aliphatic heterocycles. The number of fused-ring (bicyclic) bond motifs is 1. The summed E-state index contributed by atoms with van der Waals surface area (Å²) in [5.74, 6) is 1.41. The van der Waals surface area contributed by atoms with Gasteiger partial charge in [-0.15, -0.1) is 10.2 Å². The summed E-state index contributed by atoms with van der Waals surface area (Å²) in [5.41, 5.74) is 2.21. The van der Waals surface area contributed by atoms with Crippen LogP contribution >= 0.6 is 0 Å². The normalized spacial score (nSPS) is 13.7. The van der Waals surface area contributed by atoms with E-state index in [0.717, 1.165) is 59.9 Å². The molecule has 0 aliphatic carbocycles. The molecule has 0 saturated carbocycles. The van der Waals surface area contributed by atoms with E-state index in [4.69, 9.17) is 4.74 Å². The van der Waals surface area contributed by atoms with Gasteiger partial charge in [-0.2, -0.15) is 0 Å². The SMILES string of the molecule is COc1cccc(N2CCN(c3nnc(C(=O)Nc4ccccc4)c4ccccc34)CC2)c1. The summed E-state index contributed by atoms with van der Waals surface area (Å²) < 4.78 is 5.36. The van der Waals surface area contributed by atoms with E-state index < -0.39 is 0 Å². The highest BCUT2D eigenvalue weighted by atomic mass is 16.5. The number of para-hydroxylation sites is 1. The van der Waals surface area contributed by atoms with Crippen molar-refractivity contribution in [2.24, 2.45) is 0 Å². The molecule has 1 aliphatic rings. The third-order valence-electron chi connectivity index (χ3n) is 5.91. The number of nitrogens with zero attached hydrogens (tertiary/aromatic N) is 4. The van der Waals surface area contributed by atoms with Crippen LogP contribution in [0.5, 0.6) is 5.75 Å². The van der Waals surface area contributed by atoms with Crippen molar-refractivity contribution in [2.45, 2.75) is 0 Å². The standard InChI is InChI=1S/C26H25N5O2/c1-33-21-11-7-10-20(18-21)30-14-16-31(17-15-30)25-23-13-6-5-12-22(23)24(28-29-25)26(32)27-19-8-3-2-4-9-19/h2-13,18H,14-17H2,1H3,(H,27,32). The molecule has 33 heavy (non-hydrogen) atoms. The highest BCUT2D eigenvalue weighted by molar-refractivity contribution is 6.12. The molecule has 5 rings (SSSR count). The molecule has 0 radical (unpaired) electrons. The fourth-order valence-electron chi connectivity index (χ4n) is 4.19. The number of nitrogens with one attached hydrogen (secondary N) is 1. The second kappa shape index (κ2) is 9.16. The Morgan fingerprint density at radius 3 is 2.27 bits per heavy atom. The van der Waals surface area contributed by atoms with Crippen LogP contribution in [0.2, 0.25) is 0 Å². The molecule has 0 spiro atoms. The molecule has 1 fully saturated rings. The Balaban J connectivity index is 1.37. The topological polar surface area (TPSA) is 70.6 Å². The predicted octanol–water partition coefficient (Wildman–Crippen LogP) is 4.22. The average molecular weight is 440 g/mol. The highest BCUT2D eigenvalue weighted by Crippen LogP contribution is 2.28. The van der Waals surface area contributed by atoms with Gasteiger partial charge in [0.1, 0.15) is 5.75 Å². The lowest BCUT2D eigenvalue weighted by atomic mass is 10.1. The van der Waals surface area contributed by atoms with Gasteiger partial charge in [-0.05, 0) is 24.3 Å². The van der Waals surface area contributed by atoms with Gasteiger partial charge in [0.15, 0.2) is 11.5 Å². The van der Waals surface area contributed by atoms with Crippen LogP contribution in [0.25, 0.3) is 10.8 Å². The summed E-state index contributed by atoms with van der Waals surface area (Å²) in [4.78, 5) is 17.5. The quantitative estimate of drug-likeness (QED) is 0.502. The lowest BCUT2D eigenvalue weighted by Gasteiger charge is -2.37. The Morgan fingerprint density at radius 1 is 0.818 bits per heavy atom. The van der Waals surface area contributed by atoms with Crippen LogP contribution in [0.4, 0.5) is 17.2 Å². The van der Waals surface area contributed by atoms with Crippen LogP contribution in [-0.2, 0) is 0 Å². The smallest absolute Gasteiger partial charge is 0.276 e. The van der Waals surface area contributed by atoms with E-state index in [0.29, 0.717) is 5.69 Å². The molecule has 7 heteroatoms. The molecule has 2 heterocycles. The Morgan fingerprint density at radius 2 is 1.52 bits per heavy atom. The summed E-state index contributed by atoms with van der Waals surface area (Å²) in [6, 6.07) is 25.3. The number of aromatic nitrogens is 2. The zero-order valence-electron chi connectivity index (χ0n) is 18.4. The van der Waals surface area contributed by atoms with Crippen LogP contribution < -0.4 is 19.9 Å². The zero-order valence-corrected chi connectivity index (χ0v) is 18.4. The molecule has 0 atom stereocenters. The van der Waals surface area contributed by atoms with E-state index in [1.807, 2.05) is 66.7 Å². The number of carbonyl (C=O) groups excluding carboxylic acids is 1. The van der Waals surface area contributed by atoms with Gasteiger partial charge in [0, 0.05) is 54.4 Å². The fourth-order valence-corrected chi connectivity index (χ4v) is 4.19. The van der Waals surface area contributed by atoms with E-state index in [1.165, 1.54) is 0 Å². The molecule has 4 aromatic rings. The molecule has 1 aromatic heterocycles. The molecule has 1 N–H and O–H groups in total. The third-order valence-corrected chi connectivity index (χ3v) is 5.91. The number of piperazine rings is 1. The maximum Gasteiger partial charge on any atom is 0.276 e. The third kappa shape index (κ3) is 4.30. The Hall–Kier alpha value is -4.13. The Kier molecular flexibility index (Phi) is 5.76. The van der Waals surface area contributed by atoms with E-state index >= 15 is 0 Å². The van der Waals surface area contributed by atoms with Crippen molar-refractivity contribution in [3.63, 3.8) is 0 Å². The molecule has 166 valence electrons. The van der Waals surface area contributed by atoms with Gasteiger partial charge in [0.2, 0.25) is 0 Å². The summed E-state index contributed by atoms with van der Waals surface area (Å²) in [7, 11) is 1.69. The van der Waals surface area contributed by atoms with Gasteiger partial charge in [0.05, 0.1) is 7.11 Å². The Labute approximate surface area is 192 Å². The van der Waals surface area contributed by atoms with E-state index in [2.05, 4.69) is 37.4 Å². The second-order valence-corrected chi connectivity index (χ2v) is 7.91. The van der Waals surface area contributed by atoms with Crippen LogP contribution in [0.1, 0.15) is 10.5 Å². The van der Waals surface area contributed by atoms with Gasteiger partial charge < -0.3 is 19.9 Å². The number of rotatable bonds is 5. The Bertz CT molecular complexity index is 1270. The van der Waals surface area contributed by atoms with Gasteiger partial charge in [0.25, 0.3) is 5.91 Å². The van der Waals surface area contributed by atoms with Crippen molar-refractivity contribution in [3.8, 4) is 5.75 Å². The van der Waals surface area contributed by atoms with Gasteiger partial charge in [-0.1, -0.05) is 48.5 Å². The van der Waals surface area contributed by atoms with Crippen molar-refractivity contribution in [2.75, 3.05) is 48.4 Å². The number of hydrogen-bond acceptors (Lipinski definition) is 6. The second-order valence-electron chi connectivity index (χ2n) is 7.91. The van der Waals surface area contributed by atoms with Crippen molar-refractivity contribution in [1.29, 1.82) is 0 Å². The largest absolute Gasteiger partial charge is 0.497 e. The van der Waals surface area contributed by atoms with Crippen molar-refractivity contribution >= 4 is 33.9 Å². The van der Waals surface area contributed by atoms with Crippen LogP contribution in [-0.4, -0.2) is 49.4 Å². The van der Waals surface area contributed by atoms with Gasteiger partial charge in [-0.25, -0.2) is 0 Å². The van der Waals surface area contributed by atoms with Crippen molar-refractivity contribution < 1.29 is 9.53 Å². The lowest BCUT2D eigenvalue weighted by molar-refractivity contribution is 0.102. The predicted molar refractivity (Wildman–Crippen MR) is 131 cm³/mol. The molecular formula is C26H25N5O2. The summed E-state index contributed by atoms with van der Waals surface area (Å²) in [5, 5.41) is 13.5. The lowest BCUT2D eigenvalue weighted by Crippen LogP contribution is -2.47. The number of benzene rings is 3. The average Bonchev–Trinajstić information content (AvgIpc) is 2.89. The number of anilines is 3. The minimum atomic E-state index is -0.265. The maximum absolute atomic E-state index is 12.9. The zero-order chi connectivity index (χ0) is 22.6. The van der Waals surface area contributed by atoms with Crippen molar-refractivity contribution in [1.82, 2.24) is 10.2 Å². The molecular weight excluding hydrogens is 414 g/mol. The van der Waals surface area contributed by atoms with Crippen LogP contribution in [0, 0.1) is 0 Å². The summed E-state index contributed by atoms with van der Waals surface area (Å²) in [6.45, 7) is 3.34. The van der Waals surface area contributed by atoms with Crippen LogP contribution in [0.3, 0.4) is 0 Å². The van der Waals surface area contributed by atoms with Crippen molar-refractivity contribution in [3.05, 3.63) is 84.6 Å². The minimum absolute atomic E-state index is 0.265. The minimum Gasteiger partial charge on any atom is -0.497 e. The van der Waals surface area contributed by atoms with Gasteiger partial charge >= 0.3 is 0 Å². The highest BCUT2D eigenvalue weighted by Gasteiger charge is 2.23. The van der Waals surface area contributed by atoms with Gasteiger partial charge in [-0.3, -0.25) is 4.79 Å². The molecule has 0 bridgehead atoms. The van der Waals surface area contributed by atoms with E-state index in [-0.39, 0.29) is 5.91 Å². The molecule has 1 saturated heterocycles. The number of carbonyl (C=O) groups is 1. The number of ether oxygens (including phenoxy) is 1. The first-order valence-corrected chi connectivity index (χ1v) is 11.0. The number of amides is 1. The monoisotopic (exact) mass is 439 g/mol. The first kappa shape index (κ1) is 20.8. The number of hydrogen-bond donors (Lipinski definition) is 1. The fraction of sp³-hybridized carbons (Fsp3) is 0.192. The maximum atomic E-state index is 12.9. The summed E-state index contributed by atoms with van der Waals surface area (Å²) in [6.07, 6.45) is 0. The molecule has 7 nitrogen and oxygen atoms in total. The first-order chi connectivity index (χ1) is 16.2. The number of methoxy groups -OCH3 is 1. The summed E-state index contributed by atoms with van der Waals surface area (Å²) >= 11 is 0.